The molecule has 0 bridgehead atoms. The summed E-state index contributed by atoms with van der Waals surface area (Å²) in [7, 11) is 6.85. The van der Waals surface area contributed by atoms with Crippen LogP contribution >= 0.6 is 8.58 Å². The number of aromatic nitrogens is 1. The minimum Gasteiger partial charge on any atom is -0.388 e. The standard InChI is InChI=1S/C31H39N6P/c1-6-29(38-5)31-34-27(25-12-7-9-13-26(25)32-2)19-30(36(31)4)33-23-15-17-37(18-16-23)21-22-20-35(3)28-14-10-8-11-24(22)28/h6-14,19-20,23,32,34,38H,1,15-18,21H2,2-5H3/b31-29+,33-30?. The smallest absolute Gasteiger partial charge is 0.131 e. The first kappa shape index (κ1) is 26.3. The van der Waals surface area contributed by atoms with Crippen LogP contribution < -0.4 is 10.6 Å². The lowest BCUT2D eigenvalue weighted by Crippen LogP contribution is -2.40. The number of likely N-dealkylation sites (tertiary alicyclic amines) is 1. The Kier molecular flexibility index (Phi) is 8.01. The van der Waals surface area contributed by atoms with E-state index in [1.807, 2.05) is 13.1 Å². The van der Waals surface area contributed by atoms with Crippen LogP contribution in [0.2, 0.25) is 0 Å². The second-order valence-electron chi connectivity index (χ2n) is 10.0. The average Bonchev–Trinajstić information content (AvgIpc) is 3.27. The normalized spacial score (nSPS) is 19.7. The van der Waals surface area contributed by atoms with E-state index in [0.717, 1.165) is 61.1 Å². The molecule has 0 saturated carbocycles. The van der Waals surface area contributed by atoms with Gasteiger partial charge in [0.2, 0.25) is 0 Å². The lowest BCUT2D eigenvalue weighted by molar-refractivity contribution is 0.206. The van der Waals surface area contributed by atoms with Gasteiger partial charge in [0.15, 0.2) is 0 Å². The Morgan fingerprint density at radius 2 is 1.87 bits per heavy atom. The van der Waals surface area contributed by atoms with Crippen molar-refractivity contribution in [2.24, 2.45) is 12.0 Å². The van der Waals surface area contributed by atoms with Gasteiger partial charge >= 0.3 is 0 Å². The molecule has 2 aromatic carbocycles. The average molecular weight is 527 g/mol. The monoisotopic (exact) mass is 526 g/mol. The van der Waals surface area contributed by atoms with Gasteiger partial charge in [0.05, 0.1) is 11.7 Å². The third-order valence-electron chi connectivity index (χ3n) is 7.67. The van der Waals surface area contributed by atoms with Gasteiger partial charge in [-0.05, 0) is 37.2 Å². The zero-order valence-electron chi connectivity index (χ0n) is 23.0. The van der Waals surface area contributed by atoms with Crippen molar-refractivity contribution >= 4 is 36.7 Å². The molecule has 5 rings (SSSR count). The number of nitrogens with zero attached hydrogens (tertiary/aromatic N) is 4. The van der Waals surface area contributed by atoms with Gasteiger partial charge in [0.25, 0.3) is 0 Å². The van der Waals surface area contributed by atoms with Crippen molar-refractivity contribution < 1.29 is 0 Å². The molecule has 1 unspecified atom stereocenters. The third kappa shape index (κ3) is 5.29. The minimum atomic E-state index is 0.309. The number of aliphatic imine (C=N–C) groups is 1. The van der Waals surface area contributed by atoms with Gasteiger partial charge in [-0.25, -0.2) is 0 Å². The van der Waals surface area contributed by atoms with Crippen LogP contribution in [-0.2, 0) is 13.6 Å². The molecule has 1 atom stereocenters. The van der Waals surface area contributed by atoms with Crippen LogP contribution in [0.4, 0.5) is 5.69 Å². The molecule has 1 aromatic heterocycles. The molecule has 3 heterocycles. The Labute approximate surface area is 228 Å². The van der Waals surface area contributed by atoms with Crippen LogP contribution in [0.3, 0.4) is 0 Å². The molecule has 2 aliphatic rings. The molecule has 198 valence electrons. The van der Waals surface area contributed by atoms with Crippen molar-refractivity contribution in [1.29, 1.82) is 0 Å². The van der Waals surface area contributed by atoms with Crippen LogP contribution in [0.15, 0.2) is 89.6 Å². The van der Waals surface area contributed by atoms with Crippen LogP contribution in [0.25, 0.3) is 16.6 Å². The number of allylic oxidation sites excluding steroid dienone is 2. The maximum atomic E-state index is 5.31. The number of amidine groups is 1. The van der Waals surface area contributed by atoms with Gasteiger partial charge in [-0.1, -0.05) is 57.6 Å². The number of benzene rings is 2. The number of likely N-dealkylation sites (N-methyl/N-ethyl adjacent to an activating group) is 1. The molecule has 38 heavy (non-hydrogen) atoms. The lowest BCUT2D eigenvalue weighted by Gasteiger charge is -2.34. The summed E-state index contributed by atoms with van der Waals surface area (Å²) in [6, 6.07) is 17.4. The van der Waals surface area contributed by atoms with E-state index in [-0.39, 0.29) is 0 Å². The highest BCUT2D eigenvalue weighted by atomic mass is 31.1. The predicted molar refractivity (Wildman–Crippen MR) is 165 cm³/mol. The van der Waals surface area contributed by atoms with Crippen molar-refractivity contribution in [2.75, 3.05) is 39.2 Å². The molecular weight excluding hydrogens is 487 g/mol. The number of anilines is 1. The first-order valence-corrected chi connectivity index (χ1v) is 14.9. The van der Waals surface area contributed by atoms with Gasteiger partial charge < -0.3 is 20.1 Å². The number of piperidine rings is 1. The van der Waals surface area contributed by atoms with Crippen LogP contribution in [0, 0.1) is 0 Å². The lowest BCUT2D eigenvalue weighted by atomic mass is 10.0. The van der Waals surface area contributed by atoms with Crippen molar-refractivity contribution in [3.05, 3.63) is 95.7 Å². The number of para-hydroxylation sites is 2. The van der Waals surface area contributed by atoms with E-state index < -0.39 is 0 Å². The maximum Gasteiger partial charge on any atom is 0.131 e. The predicted octanol–water partition coefficient (Wildman–Crippen LogP) is 5.82. The molecule has 1 fully saturated rings. The number of nitrogens with one attached hydrogen (secondary N) is 2. The number of hydrogen-bond donors (Lipinski definition) is 2. The largest absolute Gasteiger partial charge is 0.388 e. The Morgan fingerprint density at radius 1 is 1.13 bits per heavy atom. The topological polar surface area (TPSA) is 47.8 Å². The van der Waals surface area contributed by atoms with Gasteiger partial charge in [-0.3, -0.25) is 9.89 Å². The van der Waals surface area contributed by atoms with E-state index >= 15 is 0 Å². The molecule has 7 heteroatoms. The molecule has 6 nitrogen and oxygen atoms in total. The van der Waals surface area contributed by atoms with Crippen LogP contribution in [-0.4, -0.2) is 60.1 Å². The highest BCUT2D eigenvalue weighted by Crippen LogP contribution is 2.32. The fraction of sp³-hybridized carbons (Fsp3) is 0.323. The summed E-state index contributed by atoms with van der Waals surface area (Å²) in [5.74, 6) is 2.07. The minimum absolute atomic E-state index is 0.309. The summed E-state index contributed by atoms with van der Waals surface area (Å²) in [4.78, 5) is 10.1. The fourth-order valence-electron chi connectivity index (χ4n) is 5.54. The SMILES string of the molecule is C=C/C(PC)=C1/NC(c2ccccc2NC)=CC(=NC2CCN(Cc3cn(C)c4ccccc34)CC2)N1C. The molecule has 0 radical (unpaired) electrons. The van der Waals surface area contributed by atoms with Gasteiger partial charge in [0.1, 0.15) is 11.7 Å². The highest BCUT2D eigenvalue weighted by Gasteiger charge is 2.25. The number of aryl methyl sites for hydroxylation is 1. The van der Waals surface area contributed by atoms with E-state index in [1.54, 1.807) is 0 Å². The van der Waals surface area contributed by atoms with E-state index in [0.29, 0.717) is 14.6 Å². The maximum absolute atomic E-state index is 5.31. The highest BCUT2D eigenvalue weighted by molar-refractivity contribution is 7.42. The molecule has 0 spiro atoms. The second kappa shape index (κ2) is 11.6. The second-order valence-corrected chi connectivity index (χ2v) is 11.1. The molecule has 3 aromatic rings. The van der Waals surface area contributed by atoms with Crippen molar-refractivity contribution in [3.63, 3.8) is 0 Å². The zero-order valence-corrected chi connectivity index (χ0v) is 24.0. The Balaban J connectivity index is 1.37. The van der Waals surface area contributed by atoms with Gasteiger partial charge in [-0.15, -0.1) is 0 Å². The fourth-order valence-corrected chi connectivity index (χ4v) is 6.22. The van der Waals surface area contributed by atoms with Crippen molar-refractivity contribution in [1.82, 2.24) is 19.7 Å². The summed E-state index contributed by atoms with van der Waals surface area (Å²) in [5, 5.41) is 9.59. The van der Waals surface area contributed by atoms with Crippen molar-refractivity contribution in [2.45, 2.75) is 25.4 Å². The Hall–Kier alpha value is -3.34. The summed E-state index contributed by atoms with van der Waals surface area (Å²) < 4.78 is 2.24. The Bertz CT molecular complexity index is 1410. The number of hydrogen-bond acceptors (Lipinski definition) is 4. The van der Waals surface area contributed by atoms with Crippen LogP contribution in [0.1, 0.15) is 24.0 Å². The van der Waals surface area contributed by atoms with Crippen LogP contribution in [0.5, 0.6) is 0 Å². The summed E-state index contributed by atoms with van der Waals surface area (Å²) in [6.45, 7) is 9.39. The van der Waals surface area contributed by atoms with E-state index in [9.17, 15) is 0 Å². The van der Waals surface area contributed by atoms with E-state index in [4.69, 9.17) is 4.99 Å². The molecule has 1 saturated heterocycles. The number of rotatable bonds is 7. The Morgan fingerprint density at radius 3 is 2.61 bits per heavy atom. The molecule has 2 N–H and O–H groups in total. The van der Waals surface area contributed by atoms with Gasteiger partial charge in [0, 0.05) is 80.5 Å². The molecule has 2 aliphatic heterocycles. The zero-order chi connectivity index (χ0) is 26.6. The molecule has 0 amide bonds. The van der Waals surface area contributed by atoms with Crippen molar-refractivity contribution in [3.8, 4) is 0 Å². The summed E-state index contributed by atoms with van der Waals surface area (Å²) in [5.41, 5.74) is 6.01. The summed E-state index contributed by atoms with van der Waals surface area (Å²) >= 11 is 0. The summed E-state index contributed by atoms with van der Waals surface area (Å²) in [6.07, 6.45) is 8.58. The first-order chi connectivity index (χ1) is 18.5. The van der Waals surface area contributed by atoms with E-state index in [2.05, 4.69) is 113 Å². The molecular formula is C31H39N6P. The molecule has 0 aliphatic carbocycles. The number of fused-ring (bicyclic) bond motifs is 1. The van der Waals surface area contributed by atoms with Gasteiger partial charge in [-0.2, -0.15) is 0 Å². The van der Waals surface area contributed by atoms with E-state index in [1.165, 1.54) is 21.8 Å². The first-order valence-electron chi connectivity index (χ1n) is 13.4. The quantitative estimate of drug-likeness (QED) is 0.381. The third-order valence-corrected chi connectivity index (χ3v) is 8.65.